The van der Waals surface area contributed by atoms with Crippen LogP contribution in [0.4, 0.5) is 15.8 Å². The minimum atomic E-state index is -0.524. The van der Waals surface area contributed by atoms with Crippen molar-refractivity contribution in [2.24, 2.45) is 0 Å². The van der Waals surface area contributed by atoms with E-state index >= 15 is 0 Å². The lowest BCUT2D eigenvalue weighted by molar-refractivity contribution is -0.134. The van der Waals surface area contributed by atoms with E-state index < -0.39 is 5.82 Å². The molecule has 3 aromatic carbocycles. The molecule has 0 atom stereocenters. The van der Waals surface area contributed by atoms with Crippen LogP contribution in [0.3, 0.4) is 0 Å². The Kier molecular flexibility index (Phi) is 6.52. The monoisotopic (exact) mass is 500 g/mol. The zero-order valence-corrected chi connectivity index (χ0v) is 19.9. The number of ether oxygens (including phenoxy) is 1. The summed E-state index contributed by atoms with van der Waals surface area (Å²) in [6.07, 6.45) is 1.74. The van der Waals surface area contributed by atoms with Crippen molar-refractivity contribution in [3.63, 3.8) is 0 Å². The topological polar surface area (TPSA) is 111 Å². The van der Waals surface area contributed by atoms with Crippen molar-refractivity contribution in [3.05, 3.63) is 77.1 Å². The highest BCUT2D eigenvalue weighted by molar-refractivity contribution is 7.28. The Morgan fingerprint density at radius 1 is 1.11 bits per heavy atom. The number of aryl methyl sites for hydroxylation is 1. The van der Waals surface area contributed by atoms with E-state index in [1.165, 1.54) is 30.7 Å². The highest BCUT2D eigenvalue weighted by Gasteiger charge is 2.18. The molecule has 1 aliphatic heterocycles. The lowest BCUT2D eigenvalue weighted by Gasteiger charge is -2.10. The van der Waals surface area contributed by atoms with Gasteiger partial charge in [0.1, 0.15) is 11.6 Å². The number of anilines is 2. The number of nitrogen functional groups attached to an aromatic ring is 1. The summed E-state index contributed by atoms with van der Waals surface area (Å²) < 4.78 is 20.1. The molecule has 0 saturated carbocycles. The normalized spacial score (nSPS) is 13.0. The average Bonchev–Trinajstić information content (AvgIpc) is 3.13. The van der Waals surface area contributed by atoms with Gasteiger partial charge in [0.2, 0.25) is 0 Å². The number of aromatic nitrogens is 1. The number of esters is 1. The largest absolute Gasteiger partial charge is 0.426 e. The Hall–Kier alpha value is -4.05. The number of hydrogen-bond donors (Lipinski definition) is 2. The minimum absolute atomic E-state index is 0.105. The van der Waals surface area contributed by atoms with Crippen LogP contribution in [0.5, 0.6) is 5.75 Å². The molecule has 1 aliphatic rings. The smallest absolute Gasteiger partial charge is 0.311 e. The molecule has 36 heavy (non-hydrogen) atoms. The number of carbonyl (C=O) groups excluding carboxylic acids is 3. The van der Waals surface area contributed by atoms with E-state index in [4.69, 9.17) is 10.5 Å². The van der Waals surface area contributed by atoms with Gasteiger partial charge in [0, 0.05) is 35.8 Å². The van der Waals surface area contributed by atoms with Gasteiger partial charge in [-0.1, -0.05) is 12.1 Å². The maximum Gasteiger partial charge on any atom is 0.311 e. The quantitative estimate of drug-likeness (QED) is 0.181. The van der Waals surface area contributed by atoms with Crippen molar-refractivity contribution in [1.82, 2.24) is 4.98 Å². The van der Waals surface area contributed by atoms with Gasteiger partial charge in [0.05, 0.1) is 20.8 Å². The maximum atomic E-state index is 14.0. The zero-order valence-electron chi connectivity index (χ0n) is 19.0. The molecule has 0 bridgehead atoms. The minimum Gasteiger partial charge on any atom is -0.426 e. The molecule has 0 aliphatic carbocycles. The van der Waals surface area contributed by atoms with Crippen molar-refractivity contribution in [3.8, 4) is 5.75 Å². The predicted molar refractivity (Wildman–Crippen MR) is 137 cm³/mol. The first-order valence-electron chi connectivity index (χ1n) is 11.3. The van der Waals surface area contributed by atoms with Crippen LogP contribution >= 0.6 is 11.3 Å². The number of nitrogens with zero attached hydrogens (tertiary/aromatic N) is 1. The molecule has 5 rings (SSSR count). The Balaban J connectivity index is 1.28. The number of halogens is 1. The number of fused-ring (bicyclic) bond motifs is 2. The predicted octanol–water partition coefficient (Wildman–Crippen LogP) is 3.61. The van der Waals surface area contributed by atoms with Crippen LogP contribution in [-0.2, 0) is 22.4 Å². The van der Waals surface area contributed by atoms with Crippen molar-refractivity contribution >= 4 is 62.7 Å². The van der Waals surface area contributed by atoms with Gasteiger partial charge in [-0.05, 0) is 60.4 Å². The highest BCUT2D eigenvalue weighted by atomic mass is 32.1. The number of thiazole rings is 1. The highest BCUT2D eigenvalue weighted by Crippen LogP contribution is 2.28. The summed E-state index contributed by atoms with van der Waals surface area (Å²) in [6.45, 7) is 0. The van der Waals surface area contributed by atoms with Gasteiger partial charge in [-0.15, -0.1) is 11.3 Å². The van der Waals surface area contributed by atoms with Gasteiger partial charge in [-0.2, -0.15) is 0 Å². The molecule has 4 aromatic rings. The molecule has 0 spiro atoms. The van der Waals surface area contributed by atoms with E-state index in [9.17, 15) is 18.8 Å². The zero-order chi connectivity index (χ0) is 25.2. The first kappa shape index (κ1) is 23.7. The lowest BCUT2D eigenvalue weighted by atomic mass is 9.72. The van der Waals surface area contributed by atoms with E-state index in [2.05, 4.69) is 10.3 Å². The van der Waals surface area contributed by atoms with Gasteiger partial charge in [0.25, 0.3) is 13.2 Å². The summed E-state index contributed by atoms with van der Waals surface area (Å²) >= 11 is 1.26. The standard InChI is InChI=1S/C26H20BFN3O4S/c28-19-12-17(29)7-4-15(19)11-23(32)27-26-31-20-9-6-16(10-22(20)36-26)25(34)30-18-8-5-14-2-1-3-24(33)35-21(14)13-18/h4-10,12-13H,1-3,11,29H2,(H,30,34). The second-order valence-electron chi connectivity index (χ2n) is 8.48. The molecule has 179 valence electrons. The second-order valence-corrected chi connectivity index (χ2v) is 9.54. The third-order valence-corrected chi connectivity index (χ3v) is 6.73. The first-order chi connectivity index (χ1) is 17.3. The van der Waals surface area contributed by atoms with Gasteiger partial charge < -0.3 is 20.6 Å². The van der Waals surface area contributed by atoms with Crippen molar-refractivity contribution in [2.75, 3.05) is 11.1 Å². The number of carbonyl (C=O) groups is 3. The van der Waals surface area contributed by atoms with Crippen molar-refractivity contribution in [2.45, 2.75) is 25.7 Å². The Morgan fingerprint density at radius 3 is 2.81 bits per heavy atom. The Morgan fingerprint density at radius 2 is 1.97 bits per heavy atom. The van der Waals surface area contributed by atoms with Gasteiger partial charge in [-0.25, -0.2) is 4.39 Å². The molecule has 0 fully saturated rings. The molecule has 1 aromatic heterocycles. The fourth-order valence-corrected chi connectivity index (χ4v) is 4.93. The summed E-state index contributed by atoms with van der Waals surface area (Å²) in [7, 11) is 1.37. The van der Waals surface area contributed by atoms with Gasteiger partial charge in [-0.3, -0.25) is 14.6 Å². The summed E-state index contributed by atoms with van der Waals surface area (Å²) in [5, 5.41) is 2.83. The SMILES string of the molecule is Nc1ccc(CC(=O)[B]c2nc3ccc(C(=O)Nc4ccc5c(c4)OC(=O)CCC5)cc3s2)c(F)c1. The molecule has 1 amide bonds. The lowest BCUT2D eigenvalue weighted by Crippen LogP contribution is -2.24. The maximum absolute atomic E-state index is 14.0. The molecule has 0 unspecified atom stereocenters. The number of rotatable bonds is 6. The van der Waals surface area contributed by atoms with E-state index in [1.807, 2.05) is 6.07 Å². The number of hydrogen-bond acceptors (Lipinski definition) is 7. The van der Waals surface area contributed by atoms with Gasteiger partial charge >= 0.3 is 5.97 Å². The van der Waals surface area contributed by atoms with E-state index in [0.717, 1.165) is 23.1 Å². The number of nitrogens with one attached hydrogen (secondary N) is 1. The number of amides is 1. The fourth-order valence-electron chi connectivity index (χ4n) is 3.96. The van der Waals surface area contributed by atoms with Crippen molar-refractivity contribution < 1.29 is 23.5 Å². The number of benzene rings is 3. The summed E-state index contributed by atoms with van der Waals surface area (Å²) in [5.41, 5.74) is 8.33. The second kappa shape index (κ2) is 9.90. The fraction of sp³-hybridized carbons (Fsp3) is 0.154. The Bertz CT molecular complexity index is 1520. The molecule has 1 radical (unpaired) electrons. The molecule has 3 N–H and O–H groups in total. The van der Waals surface area contributed by atoms with E-state index in [-0.39, 0.29) is 29.5 Å². The van der Waals surface area contributed by atoms with Crippen LogP contribution in [0.2, 0.25) is 0 Å². The Labute approximate surface area is 210 Å². The van der Waals surface area contributed by atoms with Crippen LogP contribution in [0, 0.1) is 5.82 Å². The van der Waals surface area contributed by atoms with Crippen LogP contribution in [-0.4, -0.2) is 29.8 Å². The van der Waals surface area contributed by atoms with E-state index in [0.29, 0.717) is 39.5 Å². The van der Waals surface area contributed by atoms with Crippen LogP contribution in [0.15, 0.2) is 54.6 Å². The van der Waals surface area contributed by atoms with Crippen LogP contribution in [0.1, 0.15) is 34.3 Å². The molecule has 7 nitrogen and oxygen atoms in total. The van der Waals surface area contributed by atoms with Crippen LogP contribution < -0.4 is 20.7 Å². The molecule has 2 heterocycles. The third kappa shape index (κ3) is 5.28. The summed E-state index contributed by atoms with van der Waals surface area (Å²) in [4.78, 5) is 41.9. The first-order valence-corrected chi connectivity index (χ1v) is 12.1. The van der Waals surface area contributed by atoms with Gasteiger partial charge in [0.15, 0.2) is 0 Å². The van der Waals surface area contributed by atoms with Crippen LogP contribution in [0.25, 0.3) is 10.2 Å². The third-order valence-electron chi connectivity index (χ3n) is 5.77. The summed E-state index contributed by atoms with van der Waals surface area (Å²) in [6, 6.07) is 14.6. The average molecular weight is 500 g/mol. The molecule has 0 saturated heterocycles. The molecule has 10 heteroatoms. The number of nitrogens with two attached hydrogens (primary N) is 1. The molecular weight excluding hydrogens is 480 g/mol. The summed E-state index contributed by atoms with van der Waals surface area (Å²) in [5.74, 6) is -0.663. The molecular formula is C26H20BFN3O4S. The van der Waals surface area contributed by atoms with Crippen molar-refractivity contribution in [1.29, 1.82) is 0 Å². The van der Waals surface area contributed by atoms with E-state index in [1.54, 1.807) is 36.4 Å².